The maximum absolute atomic E-state index is 12.7. The van der Waals surface area contributed by atoms with Crippen LogP contribution in [-0.4, -0.2) is 38.6 Å². The van der Waals surface area contributed by atoms with Crippen LogP contribution in [0, 0.1) is 0 Å². The zero-order valence-corrected chi connectivity index (χ0v) is 17.5. The number of nitrogens with zero attached hydrogens (tertiary/aromatic N) is 2. The molecule has 0 spiro atoms. The minimum atomic E-state index is -3.51. The number of hydrogen-bond donors (Lipinski definition) is 0. The first-order valence-corrected chi connectivity index (χ1v) is 11.7. The van der Waals surface area contributed by atoms with E-state index in [4.69, 9.17) is 11.6 Å². The fourth-order valence-electron chi connectivity index (χ4n) is 3.41. The van der Waals surface area contributed by atoms with Gasteiger partial charge in [-0.15, -0.1) is 0 Å². The average molecular weight is 421 g/mol. The largest absolute Gasteiger partial charge is 0.339 e. The molecule has 7 heteroatoms. The first-order valence-electron chi connectivity index (χ1n) is 9.47. The van der Waals surface area contributed by atoms with Gasteiger partial charge in [-0.25, -0.2) is 8.42 Å². The lowest BCUT2D eigenvalue weighted by Crippen LogP contribution is -2.32. The number of benzene rings is 2. The highest BCUT2D eigenvalue weighted by atomic mass is 35.5. The number of likely N-dealkylation sites (tertiary alicyclic amines) is 1. The molecule has 1 aliphatic rings. The van der Waals surface area contributed by atoms with Gasteiger partial charge in [-0.05, 0) is 48.7 Å². The number of sulfonamides is 1. The molecule has 1 fully saturated rings. The second-order valence-electron chi connectivity index (χ2n) is 7.11. The summed E-state index contributed by atoms with van der Waals surface area (Å²) in [4.78, 5) is 14.6. The number of carbonyl (C=O) groups is 1. The minimum absolute atomic E-state index is 0.00506. The van der Waals surface area contributed by atoms with Crippen LogP contribution in [0.1, 0.15) is 41.6 Å². The molecule has 1 saturated heterocycles. The lowest BCUT2D eigenvalue weighted by molar-refractivity contribution is 0.0761. The van der Waals surface area contributed by atoms with Crippen LogP contribution in [0.4, 0.5) is 5.69 Å². The molecule has 0 saturated carbocycles. The van der Waals surface area contributed by atoms with Crippen molar-refractivity contribution < 1.29 is 13.2 Å². The van der Waals surface area contributed by atoms with Gasteiger partial charge in [0.1, 0.15) is 0 Å². The van der Waals surface area contributed by atoms with Gasteiger partial charge in [0.2, 0.25) is 10.0 Å². The second kappa shape index (κ2) is 8.97. The zero-order chi connectivity index (χ0) is 20.1. The molecule has 5 nitrogen and oxygen atoms in total. The summed E-state index contributed by atoms with van der Waals surface area (Å²) < 4.78 is 26.0. The van der Waals surface area contributed by atoms with E-state index in [0.29, 0.717) is 16.3 Å². The van der Waals surface area contributed by atoms with Crippen molar-refractivity contribution in [2.24, 2.45) is 0 Å². The maximum Gasteiger partial charge on any atom is 0.253 e. The Kier molecular flexibility index (Phi) is 6.62. The standard InChI is InChI=1S/C21H25ClN2O3S/c1-28(26,27)24(16-18-8-4-5-9-20(18)22)19-12-10-17(11-13-19)21(25)23-14-6-2-3-7-15-23/h4-5,8-13H,2-3,6-7,14-16H2,1H3. The quantitative estimate of drug-likeness (QED) is 0.723. The molecule has 1 aliphatic heterocycles. The van der Waals surface area contributed by atoms with Gasteiger partial charge < -0.3 is 4.90 Å². The Hall–Kier alpha value is -2.05. The van der Waals surface area contributed by atoms with E-state index in [9.17, 15) is 13.2 Å². The Morgan fingerprint density at radius 3 is 2.18 bits per heavy atom. The molecule has 0 N–H and O–H groups in total. The molecule has 3 rings (SSSR count). The van der Waals surface area contributed by atoms with Crippen molar-refractivity contribution in [1.82, 2.24) is 4.90 Å². The van der Waals surface area contributed by atoms with Crippen molar-refractivity contribution >= 4 is 33.2 Å². The molecule has 28 heavy (non-hydrogen) atoms. The summed E-state index contributed by atoms with van der Waals surface area (Å²) in [6.45, 7) is 1.70. The summed E-state index contributed by atoms with van der Waals surface area (Å²) in [6.07, 6.45) is 5.55. The highest BCUT2D eigenvalue weighted by Crippen LogP contribution is 2.25. The summed E-state index contributed by atoms with van der Waals surface area (Å²) in [5.41, 5.74) is 1.81. The van der Waals surface area contributed by atoms with Gasteiger partial charge in [0.05, 0.1) is 18.5 Å². The smallest absolute Gasteiger partial charge is 0.253 e. The van der Waals surface area contributed by atoms with Crippen molar-refractivity contribution in [1.29, 1.82) is 0 Å². The van der Waals surface area contributed by atoms with Gasteiger partial charge in [0, 0.05) is 23.7 Å². The van der Waals surface area contributed by atoms with Crippen LogP contribution >= 0.6 is 11.6 Å². The van der Waals surface area contributed by atoms with Gasteiger partial charge in [-0.2, -0.15) is 0 Å². The van der Waals surface area contributed by atoms with Crippen LogP contribution in [-0.2, 0) is 16.6 Å². The highest BCUT2D eigenvalue weighted by molar-refractivity contribution is 7.92. The van der Waals surface area contributed by atoms with Gasteiger partial charge in [0.15, 0.2) is 0 Å². The van der Waals surface area contributed by atoms with Gasteiger partial charge >= 0.3 is 0 Å². The van der Waals surface area contributed by atoms with Gasteiger partial charge in [0.25, 0.3) is 5.91 Å². The molecule has 0 unspecified atom stereocenters. The summed E-state index contributed by atoms with van der Waals surface area (Å²) in [6, 6.07) is 13.9. The van der Waals surface area contributed by atoms with E-state index in [0.717, 1.165) is 44.3 Å². The molecule has 2 aromatic rings. The third kappa shape index (κ3) is 5.06. The molecule has 150 valence electrons. The third-order valence-electron chi connectivity index (χ3n) is 4.97. The van der Waals surface area contributed by atoms with Crippen molar-refractivity contribution in [2.75, 3.05) is 23.7 Å². The molecule has 0 radical (unpaired) electrons. The highest BCUT2D eigenvalue weighted by Gasteiger charge is 2.21. The van der Waals surface area contributed by atoms with E-state index in [1.165, 1.54) is 10.6 Å². The Balaban J connectivity index is 1.82. The minimum Gasteiger partial charge on any atom is -0.339 e. The molecule has 0 atom stereocenters. The monoisotopic (exact) mass is 420 g/mol. The molecule has 0 aliphatic carbocycles. The van der Waals surface area contributed by atoms with Crippen LogP contribution in [0.3, 0.4) is 0 Å². The first-order chi connectivity index (χ1) is 13.4. The van der Waals surface area contributed by atoms with Gasteiger partial charge in [-0.3, -0.25) is 9.10 Å². The number of hydrogen-bond acceptors (Lipinski definition) is 3. The van der Waals surface area contributed by atoms with Crippen LogP contribution in [0.15, 0.2) is 48.5 Å². The number of anilines is 1. The Morgan fingerprint density at radius 1 is 1.00 bits per heavy atom. The fraction of sp³-hybridized carbons (Fsp3) is 0.381. The van der Waals surface area contributed by atoms with Crippen LogP contribution in [0.25, 0.3) is 0 Å². The van der Waals surface area contributed by atoms with Crippen LogP contribution in [0.2, 0.25) is 5.02 Å². The predicted octanol–water partition coefficient (Wildman–Crippen LogP) is 4.32. The number of carbonyl (C=O) groups excluding carboxylic acids is 1. The molecule has 1 heterocycles. The van der Waals surface area contributed by atoms with E-state index in [1.54, 1.807) is 42.5 Å². The third-order valence-corrected chi connectivity index (χ3v) is 6.48. The summed E-state index contributed by atoms with van der Waals surface area (Å²) >= 11 is 6.20. The molecule has 2 aromatic carbocycles. The summed E-state index contributed by atoms with van der Waals surface area (Å²) in [7, 11) is -3.51. The van der Waals surface area contributed by atoms with E-state index in [2.05, 4.69) is 0 Å². The van der Waals surface area contributed by atoms with Crippen molar-refractivity contribution in [3.8, 4) is 0 Å². The first kappa shape index (κ1) is 20.7. The van der Waals surface area contributed by atoms with Crippen molar-refractivity contribution in [2.45, 2.75) is 32.2 Å². The van der Waals surface area contributed by atoms with E-state index in [-0.39, 0.29) is 12.5 Å². The SMILES string of the molecule is CS(=O)(=O)N(Cc1ccccc1Cl)c1ccc(C(=O)N2CCCCCC2)cc1. The predicted molar refractivity (Wildman–Crippen MR) is 113 cm³/mol. The molecule has 0 aromatic heterocycles. The second-order valence-corrected chi connectivity index (χ2v) is 9.43. The average Bonchev–Trinajstić information content (AvgIpc) is 2.95. The molecular weight excluding hydrogens is 396 g/mol. The van der Waals surface area contributed by atoms with Gasteiger partial charge in [-0.1, -0.05) is 42.6 Å². The Labute approximate surface area is 172 Å². The lowest BCUT2D eigenvalue weighted by Gasteiger charge is -2.24. The number of rotatable bonds is 5. The van der Waals surface area contributed by atoms with Crippen molar-refractivity contribution in [3.05, 3.63) is 64.7 Å². The Morgan fingerprint density at radius 2 is 1.61 bits per heavy atom. The summed E-state index contributed by atoms with van der Waals surface area (Å²) in [5, 5.41) is 0.518. The van der Waals surface area contributed by atoms with E-state index in [1.807, 2.05) is 11.0 Å². The molecule has 1 amide bonds. The van der Waals surface area contributed by atoms with E-state index < -0.39 is 10.0 Å². The maximum atomic E-state index is 12.7. The molecular formula is C21H25ClN2O3S. The Bertz CT molecular complexity index is 921. The molecule has 0 bridgehead atoms. The zero-order valence-electron chi connectivity index (χ0n) is 16.0. The number of amides is 1. The van der Waals surface area contributed by atoms with Crippen LogP contribution in [0.5, 0.6) is 0 Å². The van der Waals surface area contributed by atoms with Crippen LogP contribution < -0.4 is 4.31 Å². The summed E-state index contributed by atoms with van der Waals surface area (Å²) in [5.74, 6) is 0.00506. The lowest BCUT2D eigenvalue weighted by atomic mass is 10.1. The normalized spacial score (nSPS) is 15.1. The number of halogens is 1. The topological polar surface area (TPSA) is 57.7 Å². The fourth-order valence-corrected chi connectivity index (χ4v) is 4.48. The van der Waals surface area contributed by atoms with Crippen molar-refractivity contribution in [3.63, 3.8) is 0 Å². The van der Waals surface area contributed by atoms with E-state index >= 15 is 0 Å².